The van der Waals surface area contributed by atoms with Crippen LogP contribution in [0.5, 0.6) is 0 Å². The molecule has 1 aliphatic rings. The second-order valence-electron chi connectivity index (χ2n) is 4.48. The van der Waals surface area contributed by atoms with Gasteiger partial charge in [-0.15, -0.1) is 0 Å². The van der Waals surface area contributed by atoms with Crippen LogP contribution in [0.2, 0.25) is 5.02 Å². The highest BCUT2D eigenvalue weighted by molar-refractivity contribution is 7.91. The SMILES string of the molecule is CN(CC1CCS(=O)(=O)C1)c1cc(Cl)ccn1. The van der Waals surface area contributed by atoms with Crippen molar-refractivity contribution in [1.29, 1.82) is 0 Å². The fourth-order valence-electron chi connectivity index (χ4n) is 2.10. The molecule has 4 nitrogen and oxygen atoms in total. The van der Waals surface area contributed by atoms with Gasteiger partial charge in [-0.25, -0.2) is 13.4 Å². The van der Waals surface area contributed by atoms with E-state index in [9.17, 15) is 8.42 Å². The van der Waals surface area contributed by atoms with Gasteiger partial charge in [-0.05, 0) is 24.5 Å². The minimum atomic E-state index is -2.80. The summed E-state index contributed by atoms with van der Waals surface area (Å²) in [7, 11) is -0.898. The Morgan fingerprint density at radius 2 is 2.35 bits per heavy atom. The van der Waals surface area contributed by atoms with E-state index in [2.05, 4.69) is 4.98 Å². The molecule has 0 N–H and O–H groups in total. The molecule has 0 amide bonds. The van der Waals surface area contributed by atoms with Crippen LogP contribution in [0.4, 0.5) is 5.82 Å². The van der Waals surface area contributed by atoms with Crippen LogP contribution in [0.25, 0.3) is 0 Å². The lowest BCUT2D eigenvalue weighted by Gasteiger charge is -2.21. The second-order valence-corrected chi connectivity index (χ2v) is 7.15. The first kappa shape index (κ1) is 12.6. The van der Waals surface area contributed by atoms with Gasteiger partial charge in [-0.1, -0.05) is 11.6 Å². The van der Waals surface area contributed by atoms with E-state index in [1.54, 1.807) is 18.3 Å². The summed E-state index contributed by atoms with van der Waals surface area (Å²) in [5.41, 5.74) is 0. The van der Waals surface area contributed by atoms with E-state index in [4.69, 9.17) is 11.6 Å². The first-order valence-corrected chi connectivity index (χ1v) is 7.69. The van der Waals surface area contributed by atoms with Gasteiger partial charge in [0, 0.05) is 24.8 Å². The molecule has 1 unspecified atom stereocenters. The average molecular weight is 275 g/mol. The minimum absolute atomic E-state index is 0.200. The first-order valence-electron chi connectivity index (χ1n) is 5.49. The van der Waals surface area contributed by atoms with Crippen LogP contribution < -0.4 is 4.90 Å². The summed E-state index contributed by atoms with van der Waals surface area (Å²) in [4.78, 5) is 6.17. The number of hydrogen-bond donors (Lipinski definition) is 0. The van der Waals surface area contributed by atoms with Crippen molar-refractivity contribution >= 4 is 27.3 Å². The maximum atomic E-state index is 11.4. The van der Waals surface area contributed by atoms with Gasteiger partial charge in [0.15, 0.2) is 9.84 Å². The third-order valence-electron chi connectivity index (χ3n) is 2.96. The van der Waals surface area contributed by atoms with Gasteiger partial charge in [0.05, 0.1) is 11.5 Å². The number of aromatic nitrogens is 1. The van der Waals surface area contributed by atoms with Gasteiger partial charge < -0.3 is 4.90 Å². The van der Waals surface area contributed by atoms with Crippen molar-refractivity contribution in [3.05, 3.63) is 23.4 Å². The molecule has 0 spiro atoms. The Morgan fingerprint density at radius 3 is 2.94 bits per heavy atom. The van der Waals surface area contributed by atoms with E-state index in [0.29, 0.717) is 17.3 Å². The summed E-state index contributed by atoms with van der Waals surface area (Å²) < 4.78 is 22.7. The fraction of sp³-hybridized carbons (Fsp3) is 0.545. The average Bonchev–Trinajstić information content (AvgIpc) is 2.58. The largest absolute Gasteiger partial charge is 0.359 e. The van der Waals surface area contributed by atoms with Gasteiger partial charge in [0.2, 0.25) is 0 Å². The van der Waals surface area contributed by atoms with Gasteiger partial charge in [-0.3, -0.25) is 0 Å². The highest BCUT2D eigenvalue weighted by Crippen LogP contribution is 2.22. The zero-order valence-corrected chi connectivity index (χ0v) is 11.2. The van der Waals surface area contributed by atoms with E-state index >= 15 is 0 Å². The molecule has 2 heterocycles. The van der Waals surface area contributed by atoms with Crippen molar-refractivity contribution < 1.29 is 8.42 Å². The molecule has 1 fully saturated rings. The van der Waals surface area contributed by atoms with Crippen LogP contribution >= 0.6 is 11.6 Å². The van der Waals surface area contributed by atoms with Crippen molar-refractivity contribution in [2.45, 2.75) is 6.42 Å². The molecule has 0 bridgehead atoms. The normalized spacial score (nSPS) is 22.6. The van der Waals surface area contributed by atoms with Crippen molar-refractivity contribution in [2.24, 2.45) is 5.92 Å². The molecule has 0 aromatic carbocycles. The topological polar surface area (TPSA) is 50.3 Å². The highest BCUT2D eigenvalue weighted by Gasteiger charge is 2.28. The Kier molecular flexibility index (Phi) is 3.58. The van der Waals surface area contributed by atoms with Gasteiger partial charge in [0.1, 0.15) is 5.82 Å². The lowest BCUT2D eigenvalue weighted by atomic mass is 10.1. The van der Waals surface area contributed by atoms with Crippen LogP contribution in [-0.4, -0.2) is 38.5 Å². The summed E-state index contributed by atoms with van der Waals surface area (Å²) in [6, 6.07) is 3.50. The Bertz CT molecular complexity index is 504. The van der Waals surface area contributed by atoms with E-state index < -0.39 is 9.84 Å². The van der Waals surface area contributed by atoms with Crippen molar-refractivity contribution in [1.82, 2.24) is 4.98 Å². The van der Waals surface area contributed by atoms with Crippen LogP contribution in [0, 0.1) is 5.92 Å². The molecule has 0 radical (unpaired) electrons. The first-order chi connectivity index (χ1) is 7.96. The number of hydrogen-bond acceptors (Lipinski definition) is 4. The van der Waals surface area contributed by atoms with Gasteiger partial charge in [-0.2, -0.15) is 0 Å². The number of rotatable bonds is 3. The molecule has 1 atom stereocenters. The van der Waals surface area contributed by atoms with E-state index in [-0.39, 0.29) is 11.7 Å². The molecule has 1 aromatic rings. The monoisotopic (exact) mass is 274 g/mol. The summed E-state index contributed by atoms with van der Waals surface area (Å²) in [5.74, 6) is 1.58. The van der Waals surface area contributed by atoms with Crippen LogP contribution in [0.3, 0.4) is 0 Å². The summed E-state index contributed by atoms with van der Waals surface area (Å²) in [5, 5.41) is 0.640. The molecule has 17 heavy (non-hydrogen) atoms. The lowest BCUT2D eigenvalue weighted by molar-refractivity contribution is 0.580. The maximum absolute atomic E-state index is 11.4. The van der Waals surface area contributed by atoms with E-state index in [1.165, 1.54) is 0 Å². The Hall–Kier alpha value is -0.810. The Labute approximate surface area is 107 Å². The van der Waals surface area contributed by atoms with Crippen LogP contribution in [-0.2, 0) is 9.84 Å². The zero-order valence-electron chi connectivity index (χ0n) is 9.63. The molecule has 1 aliphatic heterocycles. The Balaban J connectivity index is 2.00. The molecule has 1 aromatic heterocycles. The van der Waals surface area contributed by atoms with Gasteiger partial charge >= 0.3 is 0 Å². The van der Waals surface area contributed by atoms with Crippen molar-refractivity contribution in [3.8, 4) is 0 Å². The molecule has 2 rings (SSSR count). The fourth-order valence-corrected chi connectivity index (χ4v) is 4.10. The predicted molar refractivity (Wildman–Crippen MR) is 69.3 cm³/mol. The number of halogens is 1. The summed E-state index contributed by atoms with van der Waals surface area (Å²) >= 11 is 5.89. The standard InChI is InChI=1S/C11H15ClN2O2S/c1-14(11-6-10(12)2-4-13-11)7-9-3-5-17(15,16)8-9/h2,4,6,9H,3,5,7-8H2,1H3. The summed E-state index contributed by atoms with van der Waals surface area (Å²) in [6.45, 7) is 0.701. The molecule has 0 aliphatic carbocycles. The number of pyridine rings is 1. The van der Waals surface area contributed by atoms with E-state index in [1.807, 2.05) is 11.9 Å². The third-order valence-corrected chi connectivity index (χ3v) is 5.03. The van der Waals surface area contributed by atoms with Crippen LogP contribution in [0.1, 0.15) is 6.42 Å². The van der Waals surface area contributed by atoms with Crippen molar-refractivity contribution in [3.63, 3.8) is 0 Å². The third kappa shape index (κ3) is 3.33. The molecular formula is C11H15ClN2O2S. The highest BCUT2D eigenvalue weighted by atomic mass is 35.5. The number of anilines is 1. The molecular weight excluding hydrogens is 260 g/mol. The second kappa shape index (κ2) is 4.82. The predicted octanol–water partition coefficient (Wildman–Crippen LogP) is 1.61. The zero-order chi connectivity index (χ0) is 12.5. The molecule has 6 heteroatoms. The number of nitrogens with zero attached hydrogens (tertiary/aromatic N) is 2. The van der Waals surface area contributed by atoms with Crippen molar-refractivity contribution in [2.75, 3.05) is 30.0 Å². The molecule has 1 saturated heterocycles. The van der Waals surface area contributed by atoms with Gasteiger partial charge in [0.25, 0.3) is 0 Å². The molecule has 94 valence electrons. The maximum Gasteiger partial charge on any atom is 0.150 e. The molecule has 0 saturated carbocycles. The smallest absolute Gasteiger partial charge is 0.150 e. The van der Waals surface area contributed by atoms with E-state index in [0.717, 1.165) is 12.2 Å². The minimum Gasteiger partial charge on any atom is -0.359 e. The number of sulfone groups is 1. The lowest BCUT2D eigenvalue weighted by Crippen LogP contribution is -2.26. The quantitative estimate of drug-likeness (QED) is 0.840. The van der Waals surface area contributed by atoms with Crippen LogP contribution in [0.15, 0.2) is 18.3 Å². The Morgan fingerprint density at radius 1 is 1.59 bits per heavy atom. The summed E-state index contributed by atoms with van der Waals surface area (Å²) in [6.07, 6.45) is 2.40.